The summed E-state index contributed by atoms with van der Waals surface area (Å²) >= 11 is 0. The molecule has 3 unspecified atom stereocenters. The minimum Gasteiger partial charge on any atom is -0.458 e. The summed E-state index contributed by atoms with van der Waals surface area (Å²) in [7, 11) is 0. The van der Waals surface area contributed by atoms with E-state index in [1.807, 2.05) is 66.7 Å². The van der Waals surface area contributed by atoms with Crippen LogP contribution >= 0.6 is 0 Å². The van der Waals surface area contributed by atoms with Crippen molar-refractivity contribution in [1.82, 2.24) is 5.32 Å². The molecule has 0 saturated heterocycles. The molecule has 0 heterocycles. The van der Waals surface area contributed by atoms with Gasteiger partial charge in [0.25, 0.3) is 0 Å². The normalized spacial score (nSPS) is 14.7. The Kier molecular flexibility index (Phi) is 7.97. The Labute approximate surface area is 168 Å². The second kappa shape index (κ2) is 10.2. The first-order chi connectivity index (χ1) is 13.3. The number of aliphatic hydroxyl groups excluding tert-OH is 1. The van der Waals surface area contributed by atoms with Crippen molar-refractivity contribution in [2.75, 3.05) is 0 Å². The molecule has 2 aromatic carbocycles. The first-order valence-corrected chi connectivity index (χ1v) is 9.69. The highest BCUT2D eigenvalue weighted by Crippen LogP contribution is 2.27. The van der Waals surface area contributed by atoms with Crippen molar-refractivity contribution in [3.8, 4) is 0 Å². The molecule has 4 nitrogen and oxygen atoms in total. The summed E-state index contributed by atoms with van der Waals surface area (Å²) < 4.78 is 5.43. The fourth-order valence-electron chi connectivity index (χ4n) is 3.06. The number of nitrogens with one attached hydrogen (secondary N) is 1. The number of carbonyl (C=O) groups is 1. The van der Waals surface area contributed by atoms with Crippen molar-refractivity contribution in [1.29, 1.82) is 0 Å². The monoisotopic (exact) mass is 381 g/mol. The van der Waals surface area contributed by atoms with Gasteiger partial charge in [0, 0.05) is 6.04 Å². The molecule has 0 aliphatic heterocycles. The van der Waals surface area contributed by atoms with Crippen LogP contribution in [-0.4, -0.2) is 22.8 Å². The summed E-state index contributed by atoms with van der Waals surface area (Å²) in [5.74, 6) is -0.635. The average Bonchev–Trinajstić information content (AvgIpc) is 2.68. The molecule has 0 amide bonds. The molecule has 0 aromatic heterocycles. The quantitative estimate of drug-likeness (QED) is 0.487. The van der Waals surface area contributed by atoms with Crippen molar-refractivity contribution in [3.63, 3.8) is 0 Å². The smallest absolute Gasteiger partial charge is 0.337 e. The maximum atomic E-state index is 12.6. The zero-order valence-electron chi connectivity index (χ0n) is 17.0. The molecule has 0 radical (unpaired) electrons. The largest absolute Gasteiger partial charge is 0.458 e. The number of aliphatic hydroxyl groups is 1. The van der Waals surface area contributed by atoms with Crippen molar-refractivity contribution in [3.05, 3.63) is 84.4 Å². The lowest BCUT2D eigenvalue weighted by atomic mass is 9.96. The van der Waals surface area contributed by atoms with Gasteiger partial charge in [-0.15, -0.1) is 6.58 Å². The summed E-state index contributed by atoms with van der Waals surface area (Å²) in [6, 6.07) is 18.9. The molecule has 0 saturated carbocycles. The standard InChI is InChI=1S/C24H31NO3/c1-5-6-17-20(18-13-9-7-10-14-18)25-21(19-15-11-8-12-16-19)22(26)23(27)28-24(2,3)4/h5,7-16,20-22,25-26H,1,6,17H2,2-4H3. The van der Waals surface area contributed by atoms with Crippen molar-refractivity contribution >= 4 is 5.97 Å². The van der Waals surface area contributed by atoms with E-state index in [9.17, 15) is 9.90 Å². The van der Waals surface area contributed by atoms with Gasteiger partial charge in [-0.1, -0.05) is 66.7 Å². The molecule has 0 aliphatic carbocycles. The molecule has 4 heteroatoms. The van der Waals surface area contributed by atoms with Crippen LogP contribution < -0.4 is 5.32 Å². The Morgan fingerprint density at radius 1 is 1.07 bits per heavy atom. The van der Waals surface area contributed by atoms with Gasteiger partial charge in [0.2, 0.25) is 0 Å². The summed E-state index contributed by atoms with van der Waals surface area (Å²) in [4.78, 5) is 12.6. The number of allylic oxidation sites excluding steroid dienone is 1. The third-order valence-corrected chi connectivity index (χ3v) is 4.36. The minimum atomic E-state index is -1.32. The summed E-state index contributed by atoms with van der Waals surface area (Å²) in [5, 5.41) is 14.3. The molecule has 2 aromatic rings. The van der Waals surface area contributed by atoms with Gasteiger partial charge < -0.3 is 15.2 Å². The Morgan fingerprint density at radius 3 is 2.11 bits per heavy atom. The van der Waals surface area contributed by atoms with E-state index < -0.39 is 23.7 Å². The van der Waals surface area contributed by atoms with E-state index in [1.165, 1.54) is 0 Å². The second-order valence-corrected chi connectivity index (χ2v) is 7.86. The Bertz CT molecular complexity index is 737. The number of esters is 1. The fraction of sp³-hybridized carbons (Fsp3) is 0.375. The van der Waals surface area contributed by atoms with Crippen LogP contribution in [0.15, 0.2) is 73.3 Å². The molecule has 0 aliphatic rings. The van der Waals surface area contributed by atoms with Crippen LogP contribution in [0.2, 0.25) is 0 Å². The summed E-state index contributed by atoms with van der Waals surface area (Å²) in [5.41, 5.74) is 1.27. The van der Waals surface area contributed by atoms with Gasteiger partial charge >= 0.3 is 5.97 Å². The van der Waals surface area contributed by atoms with E-state index in [0.29, 0.717) is 0 Å². The van der Waals surface area contributed by atoms with Gasteiger partial charge in [-0.05, 0) is 44.7 Å². The van der Waals surface area contributed by atoms with Crippen molar-refractivity contribution in [2.24, 2.45) is 0 Å². The maximum Gasteiger partial charge on any atom is 0.337 e. The van der Waals surface area contributed by atoms with Crippen LogP contribution in [-0.2, 0) is 9.53 Å². The Balaban J connectivity index is 2.32. The third-order valence-electron chi connectivity index (χ3n) is 4.36. The predicted octanol–water partition coefficient (Wildman–Crippen LogP) is 4.73. The van der Waals surface area contributed by atoms with Crippen LogP contribution in [0.3, 0.4) is 0 Å². The fourth-order valence-corrected chi connectivity index (χ4v) is 3.06. The topological polar surface area (TPSA) is 58.6 Å². The molecule has 0 fully saturated rings. The molecule has 0 bridgehead atoms. The van der Waals surface area contributed by atoms with Gasteiger partial charge in [0.15, 0.2) is 6.10 Å². The number of hydrogen-bond acceptors (Lipinski definition) is 4. The molecule has 150 valence electrons. The van der Waals surface area contributed by atoms with Crippen LogP contribution in [0.5, 0.6) is 0 Å². The Morgan fingerprint density at radius 2 is 1.61 bits per heavy atom. The molecule has 28 heavy (non-hydrogen) atoms. The van der Waals surface area contributed by atoms with E-state index >= 15 is 0 Å². The number of carbonyl (C=O) groups excluding carboxylic acids is 1. The highest BCUT2D eigenvalue weighted by atomic mass is 16.6. The summed E-state index contributed by atoms with van der Waals surface area (Å²) in [6.07, 6.45) is 2.17. The molecule has 2 N–H and O–H groups in total. The third kappa shape index (κ3) is 6.63. The maximum absolute atomic E-state index is 12.6. The zero-order chi connectivity index (χ0) is 20.6. The zero-order valence-corrected chi connectivity index (χ0v) is 17.0. The second-order valence-electron chi connectivity index (χ2n) is 7.86. The molecular formula is C24H31NO3. The highest BCUT2D eigenvalue weighted by Gasteiger charge is 2.33. The molecular weight excluding hydrogens is 350 g/mol. The lowest BCUT2D eigenvalue weighted by molar-refractivity contribution is -0.167. The number of ether oxygens (including phenoxy) is 1. The SMILES string of the molecule is C=CCCC(NC(c1ccccc1)C(O)C(=O)OC(C)(C)C)c1ccccc1. The van der Waals surface area contributed by atoms with E-state index in [0.717, 1.165) is 24.0 Å². The average molecular weight is 382 g/mol. The highest BCUT2D eigenvalue weighted by molar-refractivity contribution is 5.76. The Hall–Kier alpha value is -2.43. The minimum absolute atomic E-state index is 0.0403. The van der Waals surface area contributed by atoms with E-state index in [1.54, 1.807) is 20.8 Å². The van der Waals surface area contributed by atoms with Crippen LogP contribution in [0, 0.1) is 0 Å². The molecule has 3 atom stereocenters. The van der Waals surface area contributed by atoms with Crippen molar-refractivity contribution < 1.29 is 14.6 Å². The van der Waals surface area contributed by atoms with Gasteiger partial charge in [-0.3, -0.25) is 0 Å². The van der Waals surface area contributed by atoms with Gasteiger partial charge in [-0.2, -0.15) is 0 Å². The van der Waals surface area contributed by atoms with Crippen LogP contribution in [0.1, 0.15) is 56.8 Å². The number of hydrogen-bond donors (Lipinski definition) is 2. The summed E-state index contributed by atoms with van der Waals surface area (Å²) in [6.45, 7) is 9.19. The number of rotatable bonds is 9. The van der Waals surface area contributed by atoms with E-state index in [-0.39, 0.29) is 6.04 Å². The first kappa shape index (κ1) is 21.9. The van der Waals surface area contributed by atoms with Gasteiger partial charge in [0.1, 0.15) is 5.60 Å². The van der Waals surface area contributed by atoms with Gasteiger partial charge in [-0.25, -0.2) is 4.79 Å². The predicted molar refractivity (Wildman–Crippen MR) is 113 cm³/mol. The first-order valence-electron chi connectivity index (χ1n) is 9.69. The van der Waals surface area contributed by atoms with Crippen molar-refractivity contribution in [2.45, 2.75) is 57.4 Å². The van der Waals surface area contributed by atoms with Gasteiger partial charge in [0.05, 0.1) is 6.04 Å². The van der Waals surface area contributed by atoms with E-state index in [4.69, 9.17) is 4.74 Å². The van der Waals surface area contributed by atoms with Crippen LogP contribution in [0.4, 0.5) is 0 Å². The number of benzene rings is 2. The lowest BCUT2D eigenvalue weighted by Gasteiger charge is -2.30. The van der Waals surface area contributed by atoms with E-state index in [2.05, 4.69) is 11.9 Å². The molecule has 2 rings (SSSR count). The lowest BCUT2D eigenvalue weighted by Crippen LogP contribution is -2.42. The molecule has 0 spiro atoms. The van der Waals surface area contributed by atoms with Crippen LogP contribution in [0.25, 0.3) is 0 Å².